The Morgan fingerprint density at radius 3 is 2.41 bits per heavy atom. The number of anilines is 3. The fraction of sp³-hybridized carbons (Fsp3) is 0.278. The zero-order chi connectivity index (χ0) is 20.6. The third-order valence-electron chi connectivity index (χ3n) is 4.64. The summed E-state index contributed by atoms with van der Waals surface area (Å²) in [6, 6.07) is 1.35. The SMILES string of the molecule is O=C(Nc1cnc(N2CCC(F)(F)CC2)nc1)Nc1c[nH]c2cc(F)c(F)cc12. The summed E-state index contributed by atoms with van der Waals surface area (Å²) in [5.41, 5.74) is 0.882. The number of urea groups is 1. The second-order valence-corrected chi connectivity index (χ2v) is 6.71. The number of hydrogen-bond acceptors (Lipinski definition) is 4. The van der Waals surface area contributed by atoms with Gasteiger partial charge in [0, 0.05) is 43.6 Å². The van der Waals surface area contributed by atoms with E-state index in [-0.39, 0.29) is 37.3 Å². The molecule has 0 bridgehead atoms. The molecule has 0 spiro atoms. The van der Waals surface area contributed by atoms with E-state index in [2.05, 4.69) is 25.6 Å². The molecular formula is C18H16F4N6O. The van der Waals surface area contributed by atoms with Gasteiger partial charge in [0.05, 0.1) is 29.3 Å². The summed E-state index contributed by atoms with van der Waals surface area (Å²) < 4.78 is 53.2. The van der Waals surface area contributed by atoms with Crippen molar-refractivity contribution in [2.75, 3.05) is 28.6 Å². The van der Waals surface area contributed by atoms with Crippen LogP contribution in [0.15, 0.2) is 30.7 Å². The molecule has 0 radical (unpaired) electrons. The molecule has 0 unspecified atom stereocenters. The molecule has 4 rings (SSSR count). The van der Waals surface area contributed by atoms with Gasteiger partial charge in [-0.1, -0.05) is 0 Å². The normalized spacial score (nSPS) is 16.1. The molecule has 3 heterocycles. The van der Waals surface area contributed by atoms with Gasteiger partial charge in [-0.2, -0.15) is 0 Å². The molecule has 2 amide bonds. The summed E-state index contributed by atoms with van der Waals surface area (Å²) in [4.78, 5) is 24.8. The zero-order valence-corrected chi connectivity index (χ0v) is 15.0. The lowest BCUT2D eigenvalue weighted by molar-refractivity contribution is -0.0222. The van der Waals surface area contributed by atoms with Gasteiger partial charge < -0.3 is 20.5 Å². The van der Waals surface area contributed by atoms with Crippen molar-refractivity contribution >= 4 is 34.3 Å². The average Bonchev–Trinajstić information content (AvgIpc) is 3.04. The van der Waals surface area contributed by atoms with Crippen LogP contribution in [0.25, 0.3) is 10.9 Å². The fourth-order valence-electron chi connectivity index (χ4n) is 3.09. The quantitative estimate of drug-likeness (QED) is 0.569. The average molecular weight is 408 g/mol. The molecule has 29 heavy (non-hydrogen) atoms. The molecule has 1 fully saturated rings. The van der Waals surface area contributed by atoms with Gasteiger partial charge in [-0.15, -0.1) is 0 Å². The van der Waals surface area contributed by atoms with Gasteiger partial charge in [-0.3, -0.25) is 0 Å². The van der Waals surface area contributed by atoms with E-state index in [1.54, 1.807) is 4.90 Å². The summed E-state index contributed by atoms with van der Waals surface area (Å²) in [6.45, 7) is 0.302. The van der Waals surface area contributed by atoms with E-state index in [0.717, 1.165) is 12.1 Å². The van der Waals surface area contributed by atoms with Crippen LogP contribution >= 0.6 is 0 Å². The standard InChI is InChI=1S/C18H16F4N6O/c19-12-5-11-14(6-13(12)20)23-9-15(11)27-17(29)26-10-7-24-16(25-8-10)28-3-1-18(21,22)2-4-28/h5-9,23H,1-4H2,(H2,26,27,29). The lowest BCUT2D eigenvalue weighted by Gasteiger charge is -2.31. The van der Waals surface area contributed by atoms with Crippen molar-refractivity contribution in [1.29, 1.82) is 0 Å². The van der Waals surface area contributed by atoms with Crippen LogP contribution in [0.3, 0.4) is 0 Å². The predicted molar refractivity (Wildman–Crippen MR) is 99.3 cm³/mol. The van der Waals surface area contributed by atoms with Gasteiger partial charge in [0.2, 0.25) is 5.95 Å². The van der Waals surface area contributed by atoms with Gasteiger partial charge in [-0.25, -0.2) is 32.3 Å². The van der Waals surface area contributed by atoms with E-state index in [0.29, 0.717) is 16.9 Å². The highest BCUT2D eigenvalue weighted by atomic mass is 19.3. The van der Waals surface area contributed by atoms with Crippen LogP contribution in [0.4, 0.5) is 39.7 Å². The Labute approximate surface area is 162 Å². The minimum atomic E-state index is -2.66. The van der Waals surface area contributed by atoms with Crippen LogP contribution in [0.5, 0.6) is 0 Å². The molecule has 1 aliphatic rings. The molecule has 1 saturated heterocycles. The number of benzene rings is 1. The number of fused-ring (bicyclic) bond motifs is 1. The largest absolute Gasteiger partial charge is 0.359 e. The van der Waals surface area contributed by atoms with E-state index in [9.17, 15) is 22.4 Å². The first-order valence-corrected chi connectivity index (χ1v) is 8.80. The number of nitrogens with zero attached hydrogens (tertiary/aromatic N) is 3. The number of aromatic amines is 1. The Morgan fingerprint density at radius 1 is 1.07 bits per heavy atom. The maximum absolute atomic E-state index is 13.4. The molecular weight excluding hydrogens is 392 g/mol. The van der Waals surface area contributed by atoms with Crippen LogP contribution in [0.2, 0.25) is 0 Å². The third-order valence-corrected chi connectivity index (χ3v) is 4.64. The number of carbonyl (C=O) groups is 1. The summed E-state index contributed by atoms with van der Waals surface area (Å²) in [6.07, 6.45) is 3.62. The number of halogens is 4. The first-order chi connectivity index (χ1) is 13.8. The Bertz CT molecular complexity index is 1040. The highest BCUT2D eigenvalue weighted by molar-refractivity contribution is 6.05. The molecule has 2 aromatic heterocycles. The highest BCUT2D eigenvalue weighted by Gasteiger charge is 2.34. The first-order valence-electron chi connectivity index (χ1n) is 8.80. The lowest BCUT2D eigenvalue weighted by atomic mass is 10.1. The van der Waals surface area contributed by atoms with Crippen molar-refractivity contribution in [2.45, 2.75) is 18.8 Å². The Morgan fingerprint density at radius 2 is 1.72 bits per heavy atom. The number of rotatable bonds is 3. The molecule has 0 saturated carbocycles. The third kappa shape index (κ3) is 4.08. The molecule has 11 heteroatoms. The number of alkyl halides is 2. The molecule has 0 aliphatic carbocycles. The molecule has 3 N–H and O–H groups in total. The summed E-state index contributed by atoms with van der Waals surface area (Å²) in [5.74, 6) is -4.38. The van der Waals surface area contributed by atoms with E-state index in [1.807, 2.05) is 0 Å². The topological polar surface area (TPSA) is 85.9 Å². The van der Waals surface area contributed by atoms with Crippen molar-refractivity contribution < 1.29 is 22.4 Å². The smallest absolute Gasteiger partial charge is 0.323 e. The summed E-state index contributed by atoms with van der Waals surface area (Å²) >= 11 is 0. The summed E-state index contributed by atoms with van der Waals surface area (Å²) in [7, 11) is 0. The minimum absolute atomic E-state index is 0.151. The lowest BCUT2D eigenvalue weighted by Crippen LogP contribution is -2.40. The molecule has 3 aromatic rings. The van der Waals surface area contributed by atoms with Crippen molar-refractivity contribution in [2.24, 2.45) is 0 Å². The molecule has 1 aromatic carbocycles. The zero-order valence-electron chi connectivity index (χ0n) is 15.0. The van der Waals surface area contributed by atoms with Crippen molar-refractivity contribution in [3.63, 3.8) is 0 Å². The summed E-state index contributed by atoms with van der Waals surface area (Å²) in [5, 5.41) is 5.36. The van der Waals surface area contributed by atoms with Gasteiger partial charge >= 0.3 is 6.03 Å². The van der Waals surface area contributed by atoms with Gasteiger partial charge in [0.1, 0.15) is 0 Å². The van der Waals surface area contributed by atoms with Crippen molar-refractivity contribution in [1.82, 2.24) is 15.0 Å². The van der Waals surface area contributed by atoms with E-state index < -0.39 is 23.6 Å². The Kier molecular flexibility index (Phi) is 4.73. The number of aromatic nitrogens is 3. The van der Waals surface area contributed by atoms with Gasteiger partial charge in [0.25, 0.3) is 5.92 Å². The number of hydrogen-bond donors (Lipinski definition) is 3. The molecule has 0 atom stereocenters. The predicted octanol–water partition coefficient (Wildman–Crippen LogP) is 4.12. The van der Waals surface area contributed by atoms with Crippen LogP contribution in [-0.4, -0.2) is 40.0 Å². The second-order valence-electron chi connectivity index (χ2n) is 6.71. The van der Waals surface area contributed by atoms with Gasteiger partial charge in [-0.05, 0) is 6.07 Å². The van der Waals surface area contributed by atoms with Crippen LogP contribution < -0.4 is 15.5 Å². The van der Waals surface area contributed by atoms with E-state index >= 15 is 0 Å². The monoisotopic (exact) mass is 408 g/mol. The fourth-order valence-corrected chi connectivity index (χ4v) is 3.09. The minimum Gasteiger partial charge on any atom is -0.359 e. The van der Waals surface area contributed by atoms with Crippen molar-refractivity contribution in [3.8, 4) is 0 Å². The Balaban J connectivity index is 1.40. The van der Waals surface area contributed by atoms with Gasteiger partial charge in [0.15, 0.2) is 11.6 Å². The number of nitrogens with one attached hydrogen (secondary N) is 3. The Hall–Kier alpha value is -3.37. The van der Waals surface area contributed by atoms with Crippen LogP contribution in [0.1, 0.15) is 12.8 Å². The number of carbonyl (C=O) groups excluding carboxylic acids is 1. The molecule has 152 valence electrons. The van der Waals surface area contributed by atoms with Crippen molar-refractivity contribution in [3.05, 3.63) is 42.4 Å². The number of amides is 2. The highest BCUT2D eigenvalue weighted by Crippen LogP contribution is 2.29. The second kappa shape index (κ2) is 7.22. The number of H-pyrrole nitrogens is 1. The van der Waals surface area contributed by atoms with Crippen LogP contribution in [0, 0.1) is 11.6 Å². The number of piperidine rings is 1. The first kappa shape index (κ1) is 19.0. The van der Waals surface area contributed by atoms with E-state index in [1.165, 1.54) is 18.6 Å². The maximum atomic E-state index is 13.4. The maximum Gasteiger partial charge on any atom is 0.323 e. The van der Waals surface area contributed by atoms with Crippen LogP contribution in [-0.2, 0) is 0 Å². The van der Waals surface area contributed by atoms with E-state index in [4.69, 9.17) is 0 Å². The molecule has 7 nitrogen and oxygen atoms in total. The molecule has 1 aliphatic heterocycles.